The van der Waals surface area contributed by atoms with Crippen molar-refractivity contribution in [2.45, 2.75) is 19.3 Å². The van der Waals surface area contributed by atoms with Gasteiger partial charge in [-0.05, 0) is 56.0 Å². The molecule has 1 aromatic carbocycles. The van der Waals surface area contributed by atoms with E-state index in [2.05, 4.69) is 5.32 Å². The minimum atomic E-state index is -0.997. The van der Waals surface area contributed by atoms with E-state index in [0.717, 1.165) is 25.1 Å². The molecule has 20 heavy (non-hydrogen) atoms. The van der Waals surface area contributed by atoms with Crippen LogP contribution in [0, 0.1) is 5.92 Å². The minimum Gasteiger partial charge on any atom is -0.493 e. The maximum Gasteiger partial charge on any atom is 0.339 e. The lowest BCUT2D eigenvalue weighted by molar-refractivity contribution is 0.0692. The van der Waals surface area contributed by atoms with Crippen molar-refractivity contribution in [2.75, 3.05) is 27.3 Å². The summed E-state index contributed by atoms with van der Waals surface area (Å²) >= 11 is 0. The lowest BCUT2D eigenvalue weighted by atomic mass is 9.91. The first-order chi connectivity index (χ1) is 9.65. The molecule has 5 heteroatoms. The Balaban J connectivity index is 2.28. The van der Waals surface area contributed by atoms with E-state index in [1.807, 2.05) is 6.07 Å². The van der Waals surface area contributed by atoms with Gasteiger partial charge in [-0.1, -0.05) is 0 Å². The Morgan fingerprint density at radius 3 is 2.75 bits per heavy atom. The molecule has 1 heterocycles. The number of hydrogen-bond acceptors (Lipinski definition) is 4. The molecule has 1 atom stereocenters. The van der Waals surface area contributed by atoms with Crippen LogP contribution in [0.2, 0.25) is 0 Å². The number of ether oxygens (including phenoxy) is 2. The highest BCUT2D eigenvalue weighted by atomic mass is 16.5. The number of piperidine rings is 1. The Labute approximate surface area is 118 Å². The molecular formula is C15H21NO4. The van der Waals surface area contributed by atoms with Gasteiger partial charge in [-0.2, -0.15) is 0 Å². The van der Waals surface area contributed by atoms with Crippen LogP contribution in [0.25, 0.3) is 0 Å². The van der Waals surface area contributed by atoms with Crippen LogP contribution in [-0.4, -0.2) is 38.4 Å². The summed E-state index contributed by atoms with van der Waals surface area (Å²) in [6.45, 7) is 2.06. The van der Waals surface area contributed by atoms with E-state index < -0.39 is 5.97 Å². The Morgan fingerprint density at radius 1 is 1.40 bits per heavy atom. The fraction of sp³-hybridized carbons (Fsp3) is 0.533. The zero-order chi connectivity index (χ0) is 14.5. The first-order valence-electron chi connectivity index (χ1n) is 6.84. The van der Waals surface area contributed by atoms with Gasteiger partial charge in [-0.15, -0.1) is 0 Å². The van der Waals surface area contributed by atoms with Crippen molar-refractivity contribution in [2.24, 2.45) is 5.92 Å². The van der Waals surface area contributed by atoms with Crippen LogP contribution in [0.4, 0.5) is 0 Å². The summed E-state index contributed by atoms with van der Waals surface area (Å²) in [4.78, 5) is 11.3. The molecule has 0 bridgehead atoms. The van der Waals surface area contributed by atoms with E-state index in [4.69, 9.17) is 9.47 Å². The molecule has 1 aliphatic heterocycles. The molecule has 0 aromatic heterocycles. The van der Waals surface area contributed by atoms with Crippen LogP contribution in [0.5, 0.6) is 11.5 Å². The number of rotatable bonds is 5. The molecule has 1 aliphatic rings. The van der Waals surface area contributed by atoms with Crippen molar-refractivity contribution in [3.63, 3.8) is 0 Å². The van der Waals surface area contributed by atoms with Gasteiger partial charge in [0.25, 0.3) is 0 Å². The number of hydrogen-bond donors (Lipinski definition) is 2. The van der Waals surface area contributed by atoms with Gasteiger partial charge < -0.3 is 19.9 Å². The lowest BCUT2D eigenvalue weighted by Gasteiger charge is -2.23. The zero-order valence-electron chi connectivity index (χ0n) is 11.9. The summed E-state index contributed by atoms with van der Waals surface area (Å²) in [7, 11) is 2.98. The number of carboxylic acids is 1. The van der Waals surface area contributed by atoms with Gasteiger partial charge in [0.2, 0.25) is 0 Å². The van der Waals surface area contributed by atoms with Crippen molar-refractivity contribution in [3.05, 3.63) is 23.3 Å². The predicted molar refractivity (Wildman–Crippen MR) is 75.8 cm³/mol. The Kier molecular flexibility index (Phi) is 4.84. The van der Waals surface area contributed by atoms with Gasteiger partial charge in [0.1, 0.15) is 5.56 Å². The Morgan fingerprint density at radius 2 is 2.20 bits per heavy atom. The number of nitrogens with one attached hydrogen (secondary N) is 1. The molecule has 0 saturated carbocycles. The fourth-order valence-corrected chi connectivity index (χ4v) is 2.73. The van der Waals surface area contributed by atoms with E-state index in [1.54, 1.807) is 6.07 Å². The lowest BCUT2D eigenvalue weighted by Crippen LogP contribution is -2.30. The molecule has 1 fully saturated rings. The second kappa shape index (κ2) is 6.61. The van der Waals surface area contributed by atoms with Crippen molar-refractivity contribution in [1.82, 2.24) is 5.32 Å². The fourth-order valence-electron chi connectivity index (χ4n) is 2.73. The standard InChI is InChI=1S/C15H21NO4/c1-19-13-8-11(6-10-4-3-5-16-9-10)7-12(15(17)18)14(13)20-2/h7-8,10,16H,3-6,9H2,1-2H3,(H,17,18). The highest BCUT2D eigenvalue weighted by molar-refractivity contribution is 5.92. The van der Waals surface area contributed by atoms with Crippen LogP contribution < -0.4 is 14.8 Å². The first-order valence-corrected chi connectivity index (χ1v) is 6.84. The van der Waals surface area contributed by atoms with Crippen molar-refractivity contribution in [1.29, 1.82) is 0 Å². The molecule has 2 N–H and O–H groups in total. The van der Waals surface area contributed by atoms with Crippen LogP contribution in [-0.2, 0) is 6.42 Å². The molecule has 1 saturated heterocycles. The van der Waals surface area contributed by atoms with E-state index >= 15 is 0 Å². The van der Waals surface area contributed by atoms with Gasteiger partial charge in [0.15, 0.2) is 11.5 Å². The van der Waals surface area contributed by atoms with Crippen LogP contribution in [0.3, 0.4) is 0 Å². The third kappa shape index (κ3) is 3.22. The van der Waals surface area contributed by atoms with Crippen LogP contribution >= 0.6 is 0 Å². The third-order valence-electron chi connectivity index (χ3n) is 3.69. The van der Waals surface area contributed by atoms with Gasteiger partial charge >= 0.3 is 5.97 Å². The summed E-state index contributed by atoms with van der Waals surface area (Å²) in [5, 5.41) is 12.7. The van der Waals surface area contributed by atoms with Gasteiger partial charge in [-0.25, -0.2) is 4.79 Å². The van der Waals surface area contributed by atoms with Gasteiger partial charge in [0.05, 0.1) is 14.2 Å². The van der Waals surface area contributed by atoms with Crippen molar-refractivity contribution in [3.8, 4) is 11.5 Å². The quantitative estimate of drug-likeness (QED) is 0.862. The van der Waals surface area contributed by atoms with Crippen molar-refractivity contribution < 1.29 is 19.4 Å². The number of methoxy groups -OCH3 is 2. The van der Waals surface area contributed by atoms with Gasteiger partial charge in [0, 0.05) is 0 Å². The minimum absolute atomic E-state index is 0.158. The van der Waals surface area contributed by atoms with Crippen LogP contribution in [0.15, 0.2) is 12.1 Å². The summed E-state index contributed by atoms with van der Waals surface area (Å²) < 4.78 is 10.4. The molecule has 0 amide bonds. The Bertz CT molecular complexity index is 481. The predicted octanol–water partition coefficient (Wildman–Crippen LogP) is 1.94. The molecule has 1 unspecified atom stereocenters. The molecular weight excluding hydrogens is 258 g/mol. The molecule has 0 aliphatic carbocycles. The molecule has 0 radical (unpaired) electrons. The second-order valence-electron chi connectivity index (χ2n) is 5.10. The summed E-state index contributed by atoms with van der Waals surface area (Å²) in [6, 6.07) is 3.57. The molecule has 0 spiro atoms. The largest absolute Gasteiger partial charge is 0.493 e. The zero-order valence-corrected chi connectivity index (χ0v) is 11.9. The summed E-state index contributed by atoms with van der Waals surface area (Å²) in [5.41, 5.74) is 1.14. The van der Waals surface area contributed by atoms with Crippen LogP contribution in [0.1, 0.15) is 28.8 Å². The molecule has 110 valence electrons. The SMILES string of the molecule is COc1cc(CC2CCCNC2)cc(C(=O)O)c1OC. The number of aromatic carboxylic acids is 1. The topological polar surface area (TPSA) is 67.8 Å². The smallest absolute Gasteiger partial charge is 0.339 e. The number of carbonyl (C=O) groups is 1. The van der Waals surface area contributed by atoms with Crippen molar-refractivity contribution >= 4 is 5.97 Å². The maximum atomic E-state index is 11.3. The second-order valence-corrected chi connectivity index (χ2v) is 5.10. The third-order valence-corrected chi connectivity index (χ3v) is 3.69. The molecule has 2 rings (SSSR count). The molecule has 5 nitrogen and oxygen atoms in total. The van der Waals surface area contributed by atoms with Gasteiger partial charge in [-0.3, -0.25) is 0 Å². The number of benzene rings is 1. The van der Waals surface area contributed by atoms with E-state index in [9.17, 15) is 9.90 Å². The maximum absolute atomic E-state index is 11.3. The molecule has 1 aromatic rings. The van der Waals surface area contributed by atoms with E-state index in [-0.39, 0.29) is 11.3 Å². The Hall–Kier alpha value is -1.75. The van der Waals surface area contributed by atoms with E-state index in [1.165, 1.54) is 27.1 Å². The normalized spacial score (nSPS) is 18.6. The summed E-state index contributed by atoms with van der Waals surface area (Å²) in [6.07, 6.45) is 3.20. The van der Waals surface area contributed by atoms with E-state index in [0.29, 0.717) is 11.7 Å². The highest BCUT2D eigenvalue weighted by Gasteiger charge is 2.20. The monoisotopic (exact) mass is 279 g/mol. The number of carboxylic acid groups (broad SMARTS) is 1. The average molecular weight is 279 g/mol. The summed E-state index contributed by atoms with van der Waals surface area (Å²) in [5.74, 6) is 0.309. The first kappa shape index (κ1) is 14.7. The average Bonchev–Trinajstić information content (AvgIpc) is 2.47. The highest BCUT2D eigenvalue weighted by Crippen LogP contribution is 2.33.